The summed E-state index contributed by atoms with van der Waals surface area (Å²) >= 11 is 5.96. The van der Waals surface area contributed by atoms with E-state index in [1.807, 2.05) is 13.8 Å². The number of hydrogen-bond acceptors (Lipinski definition) is 4. The van der Waals surface area contributed by atoms with Crippen LogP contribution in [0, 0.1) is 23.0 Å². The van der Waals surface area contributed by atoms with E-state index in [1.165, 1.54) is 6.07 Å². The van der Waals surface area contributed by atoms with Crippen LogP contribution >= 0.6 is 11.6 Å². The molecule has 0 fully saturated rings. The maximum absolute atomic E-state index is 10.9. The van der Waals surface area contributed by atoms with Gasteiger partial charge in [-0.1, -0.05) is 25.4 Å². The Morgan fingerprint density at radius 2 is 2.10 bits per heavy atom. The van der Waals surface area contributed by atoms with E-state index in [4.69, 9.17) is 17.3 Å². The van der Waals surface area contributed by atoms with E-state index in [0.29, 0.717) is 12.5 Å². The standard InChI is InChI=1S/C14H22ClN3O2/c1-9(2)7-14(4,8-16)17-12-6-11(15)13(18(19)20)5-10(12)3/h5-6,9,17H,7-8,16H2,1-4H3. The lowest BCUT2D eigenvalue weighted by atomic mass is 9.90. The molecule has 1 atom stereocenters. The van der Waals surface area contributed by atoms with Gasteiger partial charge in [0.15, 0.2) is 0 Å². The normalized spacial score (nSPS) is 14.2. The molecule has 0 saturated heterocycles. The molecule has 6 heteroatoms. The van der Waals surface area contributed by atoms with Crippen molar-refractivity contribution >= 4 is 23.0 Å². The molecule has 5 nitrogen and oxygen atoms in total. The molecule has 0 aliphatic carbocycles. The topological polar surface area (TPSA) is 81.2 Å². The Kier molecular flexibility index (Phi) is 5.36. The number of aryl methyl sites for hydroxylation is 1. The second-order valence-corrected chi connectivity index (χ2v) is 6.27. The quantitative estimate of drug-likeness (QED) is 0.619. The Balaban J connectivity index is 3.09. The van der Waals surface area contributed by atoms with Crippen molar-refractivity contribution in [3.05, 3.63) is 32.8 Å². The second-order valence-electron chi connectivity index (χ2n) is 5.86. The molecule has 0 radical (unpaired) electrons. The SMILES string of the molecule is Cc1cc([N+](=O)[O-])c(Cl)cc1NC(C)(CN)CC(C)C. The molecule has 1 aromatic carbocycles. The Labute approximate surface area is 124 Å². The first-order valence-corrected chi connectivity index (χ1v) is 6.99. The van der Waals surface area contributed by atoms with Gasteiger partial charge in [-0.15, -0.1) is 0 Å². The zero-order chi connectivity index (χ0) is 15.5. The predicted molar refractivity (Wildman–Crippen MR) is 83.4 cm³/mol. The lowest BCUT2D eigenvalue weighted by Crippen LogP contribution is -2.43. The molecule has 0 heterocycles. The van der Waals surface area contributed by atoms with Crippen LogP contribution in [0.4, 0.5) is 11.4 Å². The fourth-order valence-corrected chi connectivity index (χ4v) is 2.59. The minimum Gasteiger partial charge on any atom is -0.378 e. The van der Waals surface area contributed by atoms with Gasteiger partial charge in [-0.05, 0) is 37.8 Å². The number of halogens is 1. The summed E-state index contributed by atoms with van der Waals surface area (Å²) < 4.78 is 0. The van der Waals surface area contributed by atoms with Crippen LogP contribution in [0.3, 0.4) is 0 Å². The molecule has 0 aromatic heterocycles. The fourth-order valence-electron chi connectivity index (χ4n) is 2.35. The summed E-state index contributed by atoms with van der Waals surface area (Å²) in [6, 6.07) is 3.08. The molecule has 0 amide bonds. The average Bonchev–Trinajstić information content (AvgIpc) is 2.32. The van der Waals surface area contributed by atoms with Gasteiger partial charge in [-0.2, -0.15) is 0 Å². The van der Waals surface area contributed by atoms with Crippen LogP contribution in [-0.4, -0.2) is 17.0 Å². The number of nitrogens with zero attached hydrogens (tertiary/aromatic N) is 1. The van der Waals surface area contributed by atoms with Crippen molar-refractivity contribution in [1.82, 2.24) is 0 Å². The predicted octanol–water partition coefficient (Wildman–Crippen LogP) is 3.73. The number of hydrogen-bond donors (Lipinski definition) is 2. The lowest BCUT2D eigenvalue weighted by Gasteiger charge is -2.33. The molecule has 0 aliphatic rings. The highest BCUT2D eigenvalue weighted by molar-refractivity contribution is 6.33. The van der Waals surface area contributed by atoms with Gasteiger partial charge >= 0.3 is 0 Å². The van der Waals surface area contributed by atoms with Crippen LogP contribution in [-0.2, 0) is 0 Å². The highest BCUT2D eigenvalue weighted by Gasteiger charge is 2.25. The first-order chi connectivity index (χ1) is 9.18. The zero-order valence-electron chi connectivity index (χ0n) is 12.4. The highest BCUT2D eigenvalue weighted by Crippen LogP contribution is 2.32. The largest absolute Gasteiger partial charge is 0.378 e. The first-order valence-electron chi connectivity index (χ1n) is 6.61. The van der Waals surface area contributed by atoms with Crippen LogP contribution in [0.15, 0.2) is 12.1 Å². The van der Waals surface area contributed by atoms with Crippen molar-refractivity contribution in [1.29, 1.82) is 0 Å². The summed E-state index contributed by atoms with van der Waals surface area (Å²) in [6.07, 6.45) is 0.900. The molecule has 0 bridgehead atoms. The summed E-state index contributed by atoms with van der Waals surface area (Å²) in [7, 11) is 0. The van der Waals surface area contributed by atoms with Gasteiger partial charge < -0.3 is 11.1 Å². The molecule has 0 spiro atoms. The van der Waals surface area contributed by atoms with Crippen LogP contribution in [0.5, 0.6) is 0 Å². The smallest absolute Gasteiger partial charge is 0.288 e. The van der Waals surface area contributed by atoms with Crippen LogP contribution < -0.4 is 11.1 Å². The van der Waals surface area contributed by atoms with E-state index in [2.05, 4.69) is 19.2 Å². The summed E-state index contributed by atoms with van der Waals surface area (Å²) in [5.74, 6) is 0.491. The summed E-state index contributed by atoms with van der Waals surface area (Å²) in [5, 5.41) is 14.4. The first kappa shape index (κ1) is 16.7. The third-order valence-corrected chi connectivity index (χ3v) is 3.54. The van der Waals surface area contributed by atoms with Crippen LogP contribution in [0.2, 0.25) is 5.02 Å². The number of rotatable bonds is 6. The molecule has 112 valence electrons. The van der Waals surface area contributed by atoms with E-state index >= 15 is 0 Å². The Bertz CT molecular complexity index is 505. The summed E-state index contributed by atoms with van der Waals surface area (Å²) in [4.78, 5) is 10.4. The third-order valence-electron chi connectivity index (χ3n) is 3.24. The molecule has 20 heavy (non-hydrogen) atoms. The van der Waals surface area contributed by atoms with E-state index in [1.54, 1.807) is 6.07 Å². The van der Waals surface area contributed by atoms with Gasteiger partial charge in [-0.3, -0.25) is 10.1 Å². The molecule has 1 unspecified atom stereocenters. The minimum atomic E-state index is -0.477. The number of anilines is 1. The number of nitro groups is 1. The third kappa shape index (κ3) is 4.08. The molecule has 0 saturated carbocycles. The maximum Gasteiger partial charge on any atom is 0.288 e. The molecule has 0 aliphatic heterocycles. The van der Waals surface area contributed by atoms with E-state index in [-0.39, 0.29) is 16.2 Å². The molecule has 3 N–H and O–H groups in total. The average molecular weight is 300 g/mol. The number of nitrogens with two attached hydrogens (primary N) is 1. The van der Waals surface area contributed by atoms with Gasteiger partial charge in [0.2, 0.25) is 0 Å². The summed E-state index contributed by atoms with van der Waals surface area (Å²) in [5.41, 5.74) is 7.09. The highest BCUT2D eigenvalue weighted by atomic mass is 35.5. The molecule has 1 aromatic rings. The zero-order valence-corrected chi connectivity index (χ0v) is 13.1. The van der Waals surface area contributed by atoms with Gasteiger partial charge in [0.1, 0.15) is 5.02 Å². The van der Waals surface area contributed by atoms with E-state index in [9.17, 15) is 10.1 Å². The molecular weight excluding hydrogens is 278 g/mol. The molecular formula is C14H22ClN3O2. The van der Waals surface area contributed by atoms with Gasteiger partial charge in [0, 0.05) is 23.8 Å². The van der Waals surface area contributed by atoms with Gasteiger partial charge in [0.05, 0.1) is 4.92 Å². The van der Waals surface area contributed by atoms with Crippen molar-refractivity contribution in [3.63, 3.8) is 0 Å². The van der Waals surface area contributed by atoms with E-state index < -0.39 is 4.92 Å². The monoisotopic (exact) mass is 299 g/mol. The van der Waals surface area contributed by atoms with Crippen molar-refractivity contribution < 1.29 is 4.92 Å². The Hall–Kier alpha value is -1.33. The van der Waals surface area contributed by atoms with Crippen LogP contribution in [0.1, 0.15) is 32.8 Å². The Morgan fingerprint density at radius 1 is 1.50 bits per heavy atom. The summed E-state index contributed by atoms with van der Waals surface area (Å²) in [6.45, 7) is 8.59. The van der Waals surface area contributed by atoms with E-state index in [0.717, 1.165) is 17.7 Å². The number of nitro benzene ring substituents is 1. The lowest BCUT2D eigenvalue weighted by molar-refractivity contribution is -0.384. The second kappa shape index (κ2) is 6.41. The van der Waals surface area contributed by atoms with Crippen molar-refractivity contribution in [2.24, 2.45) is 11.7 Å². The Morgan fingerprint density at radius 3 is 2.55 bits per heavy atom. The van der Waals surface area contributed by atoms with Crippen molar-refractivity contribution in [3.8, 4) is 0 Å². The van der Waals surface area contributed by atoms with Crippen molar-refractivity contribution in [2.45, 2.75) is 39.7 Å². The number of benzene rings is 1. The minimum absolute atomic E-state index is 0.0759. The molecule has 1 rings (SSSR count). The van der Waals surface area contributed by atoms with Gasteiger partial charge in [0.25, 0.3) is 5.69 Å². The van der Waals surface area contributed by atoms with Crippen molar-refractivity contribution in [2.75, 3.05) is 11.9 Å². The number of nitrogens with one attached hydrogen (secondary N) is 1. The van der Waals surface area contributed by atoms with Gasteiger partial charge in [-0.25, -0.2) is 0 Å². The maximum atomic E-state index is 10.9. The van der Waals surface area contributed by atoms with Crippen LogP contribution in [0.25, 0.3) is 0 Å². The fraction of sp³-hybridized carbons (Fsp3) is 0.571.